The Hall–Kier alpha value is -0.760. The van der Waals surface area contributed by atoms with Crippen molar-refractivity contribution in [1.29, 1.82) is 0 Å². The fraction of sp³-hybridized carbons (Fsp3) is 0.909. The van der Waals surface area contributed by atoms with Crippen LogP contribution in [0.3, 0.4) is 0 Å². The normalized spacial score (nSPS) is 27.1. The summed E-state index contributed by atoms with van der Waals surface area (Å²) in [5.74, 6) is -2.53. The SMILES string of the molecule is CC(F)(F)C1CCC(CCN=C=O)CC1. The first-order valence-electron chi connectivity index (χ1n) is 5.45. The fourth-order valence-electron chi connectivity index (χ4n) is 2.25. The molecule has 0 amide bonds. The van der Waals surface area contributed by atoms with E-state index in [9.17, 15) is 13.6 Å². The molecule has 4 heteroatoms. The Labute approximate surface area is 88.8 Å². The molecule has 1 fully saturated rings. The molecule has 15 heavy (non-hydrogen) atoms. The van der Waals surface area contributed by atoms with Gasteiger partial charge in [0.05, 0.1) is 6.54 Å². The number of alkyl halides is 2. The van der Waals surface area contributed by atoms with Gasteiger partial charge in [0.2, 0.25) is 12.0 Å². The predicted molar refractivity (Wildman–Crippen MR) is 53.7 cm³/mol. The lowest BCUT2D eigenvalue weighted by molar-refractivity contribution is -0.0579. The van der Waals surface area contributed by atoms with E-state index in [1.54, 1.807) is 0 Å². The molecule has 0 bridgehead atoms. The van der Waals surface area contributed by atoms with Crippen LogP contribution < -0.4 is 0 Å². The van der Waals surface area contributed by atoms with E-state index in [2.05, 4.69) is 4.99 Å². The van der Waals surface area contributed by atoms with E-state index < -0.39 is 11.8 Å². The van der Waals surface area contributed by atoms with Crippen molar-refractivity contribution in [2.24, 2.45) is 16.8 Å². The average Bonchev–Trinajstić information content (AvgIpc) is 2.18. The van der Waals surface area contributed by atoms with Gasteiger partial charge in [-0.2, -0.15) is 0 Å². The maximum absolute atomic E-state index is 13.0. The lowest BCUT2D eigenvalue weighted by atomic mass is 9.78. The van der Waals surface area contributed by atoms with Crippen LogP contribution in [0.15, 0.2) is 4.99 Å². The molecule has 0 saturated heterocycles. The molecule has 0 spiro atoms. The second kappa shape index (κ2) is 5.36. The van der Waals surface area contributed by atoms with Crippen molar-refractivity contribution in [2.45, 2.75) is 45.0 Å². The van der Waals surface area contributed by atoms with Crippen LogP contribution in [0.5, 0.6) is 0 Å². The first-order chi connectivity index (χ1) is 7.04. The Morgan fingerprint density at radius 2 is 1.93 bits per heavy atom. The van der Waals surface area contributed by atoms with Crippen LogP contribution in [0.25, 0.3) is 0 Å². The molecule has 0 aromatic heterocycles. The molecule has 1 aliphatic rings. The predicted octanol–water partition coefficient (Wildman–Crippen LogP) is 3.17. The summed E-state index contributed by atoms with van der Waals surface area (Å²) in [5.41, 5.74) is 0. The third-order valence-corrected chi connectivity index (χ3v) is 3.28. The van der Waals surface area contributed by atoms with E-state index in [1.807, 2.05) is 0 Å². The van der Waals surface area contributed by atoms with Gasteiger partial charge in [0.1, 0.15) is 0 Å². The summed E-state index contributed by atoms with van der Waals surface area (Å²) in [7, 11) is 0. The Kier molecular flexibility index (Phi) is 4.40. The molecule has 0 radical (unpaired) electrons. The Morgan fingerprint density at radius 3 is 2.40 bits per heavy atom. The molecule has 2 nitrogen and oxygen atoms in total. The van der Waals surface area contributed by atoms with Crippen molar-refractivity contribution < 1.29 is 13.6 Å². The van der Waals surface area contributed by atoms with Crippen molar-refractivity contribution in [2.75, 3.05) is 6.54 Å². The monoisotopic (exact) mass is 217 g/mol. The maximum atomic E-state index is 13.0. The molecule has 0 N–H and O–H groups in total. The lowest BCUT2D eigenvalue weighted by Crippen LogP contribution is -2.29. The van der Waals surface area contributed by atoms with Gasteiger partial charge in [-0.1, -0.05) is 0 Å². The zero-order valence-corrected chi connectivity index (χ0v) is 9.01. The topological polar surface area (TPSA) is 29.4 Å². The van der Waals surface area contributed by atoms with Crippen molar-refractivity contribution in [3.05, 3.63) is 0 Å². The van der Waals surface area contributed by atoms with Crippen LogP contribution in [0.2, 0.25) is 0 Å². The van der Waals surface area contributed by atoms with E-state index in [4.69, 9.17) is 0 Å². The average molecular weight is 217 g/mol. The number of aliphatic imine (C=N–C) groups is 1. The van der Waals surface area contributed by atoms with E-state index in [1.165, 1.54) is 6.08 Å². The minimum Gasteiger partial charge on any atom is -0.211 e. The Bertz CT molecular complexity index is 235. The third-order valence-electron chi connectivity index (χ3n) is 3.28. The number of halogens is 2. The van der Waals surface area contributed by atoms with E-state index >= 15 is 0 Å². The molecule has 0 atom stereocenters. The van der Waals surface area contributed by atoms with Gasteiger partial charge in [-0.05, 0) is 44.9 Å². The second-order valence-corrected chi connectivity index (χ2v) is 4.44. The van der Waals surface area contributed by atoms with Crippen molar-refractivity contribution in [1.82, 2.24) is 0 Å². The zero-order chi connectivity index (χ0) is 11.3. The first-order valence-corrected chi connectivity index (χ1v) is 5.45. The van der Waals surface area contributed by atoms with Crippen molar-refractivity contribution in [3.8, 4) is 0 Å². The summed E-state index contributed by atoms with van der Waals surface area (Å²) in [6.07, 6.45) is 5.19. The lowest BCUT2D eigenvalue weighted by Gasteiger charge is -2.31. The number of nitrogens with zero attached hydrogens (tertiary/aromatic N) is 1. The molecule has 0 heterocycles. The van der Waals surface area contributed by atoms with Crippen molar-refractivity contribution >= 4 is 6.08 Å². The number of carbonyl (C=O) groups excluding carboxylic acids is 1. The van der Waals surface area contributed by atoms with Crippen LogP contribution in [0.1, 0.15) is 39.0 Å². The van der Waals surface area contributed by atoms with Gasteiger partial charge in [-0.3, -0.25) is 0 Å². The highest BCUT2D eigenvalue weighted by molar-refractivity contribution is 5.32. The summed E-state index contributed by atoms with van der Waals surface area (Å²) in [6, 6.07) is 0. The largest absolute Gasteiger partial charge is 0.248 e. The summed E-state index contributed by atoms with van der Waals surface area (Å²) in [4.78, 5) is 13.3. The van der Waals surface area contributed by atoms with Gasteiger partial charge < -0.3 is 0 Å². The highest BCUT2D eigenvalue weighted by atomic mass is 19.3. The van der Waals surface area contributed by atoms with Crippen LogP contribution in [0.4, 0.5) is 8.78 Å². The maximum Gasteiger partial charge on any atom is 0.248 e. The third kappa shape index (κ3) is 4.08. The fourth-order valence-corrected chi connectivity index (χ4v) is 2.25. The molecular weight excluding hydrogens is 200 g/mol. The smallest absolute Gasteiger partial charge is 0.211 e. The number of isocyanates is 1. The van der Waals surface area contributed by atoms with Gasteiger partial charge in [-0.25, -0.2) is 18.6 Å². The first kappa shape index (κ1) is 12.3. The number of hydrogen-bond acceptors (Lipinski definition) is 2. The zero-order valence-electron chi connectivity index (χ0n) is 9.01. The van der Waals surface area contributed by atoms with Gasteiger partial charge in [0, 0.05) is 5.92 Å². The molecule has 0 aromatic carbocycles. The quantitative estimate of drug-likeness (QED) is 0.525. The molecule has 86 valence electrons. The molecule has 1 rings (SSSR count). The van der Waals surface area contributed by atoms with Gasteiger partial charge in [-0.15, -0.1) is 0 Å². The molecule has 0 aromatic rings. The minimum absolute atomic E-state index is 0.455. The van der Waals surface area contributed by atoms with E-state index in [0.717, 1.165) is 26.2 Å². The summed E-state index contributed by atoms with van der Waals surface area (Å²) >= 11 is 0. The second-order valence-electron chi connectivity index (χ2n) is 4.44. The van der Waals surface area contributed by atoms with Crippen LogP contribution in [0, 0.1) is 11.8 Å². The number of hydrogen-bond donors (Lipinski definition) is 0. The van der Waals surface area contributed by atoms with Crippen LogP contribution in [-0.2, 0) is 4.79 Å². The summed E-state index contributed by atoms with van der Waals surface area (Å²) in [5, 5.41) is 0. The van der Waals surface area contributed by atoms with Crippen molar-refractivity contribution in [3.63, 3.8) is 0 Å². The number of rotatable bonds is 4. The Balaban J connectivity index is 2.27. The summed E-state index contributed by atoms with van der Waals surface area (Å²) < 4.78 is 25.9. The highest BCUT2D eigenvalue weighted by Gasteiger charge is 2.36. The Morgan fingerprint density at radius 1 is 1.33 bits per heavy atom. The van der Waals surface area contributed by atoms with E-state index in [0.29, 0.717) is 25.3 Å². The minimum atomic E-state index is -2.54. The van der Waals surface area contributed by atoms with E-state index in [-0.39, 0.29) is 0 Å². The van der Waals surface area contributed by atoms with Gasteiger partial charge in [0.15, 0.2) is 0 Å². The molecule has 1 saturated carbocycles. The van der Waals surface area contributed by atoms with Gasteiger partial charge in [0.25, 0.3) is 0 Å². The molecular formula is C11H17F2NO. The van der Waals surface area contributed by atoms with Gasteiger partial charge >= 0.3 is 0 Å². The van der Waals surface area contributed by atoms with Crippen LogP contribution >= 0.6 is 0 Å². The standard InChI is InChI=1S/C11H17F2NO/c1-11(12,13)10-4-2-9(3-5-10)6-7-14-8-15/h9-10H,2-7H2,1H3. The molecule has 0 unspecified atom stereocenters. The summed E-state index contributed by atoms with van der Waals surface area (Å²) in [6.45, 7) is 1.50. The van der Waals surface area contributed by atoms with Crippen LogP contribution in [-0.4, -0.2) is 18.5 Å². The highest BCUT2D eigenvalue weighted by Crippen LogP contribution is 2.39. The molecule has 1 aliphatic carbocycles. The molecule has 0 aliphatic heterocycles.